The van der Waals surface area contributed by atoms with Crippen LogP contribution >= 0.6 is 0 Å². The second kappa shape index (κ2) is 8.75. The Morgan fingerprint density at radius 3 is 2.04 bits per heavy atom. The molecule has 7 nitrogen and oxygen atoms in total. The van der Waals surface area contributed by atoms with Crippen LogP contribution in [0, 0.1) is 0 Å². The third-order valence-electron chi connectivity index (χ3n) is 3.82. The Morgan fingerprint density at radius 1 is 0.846 bits per heavy atom. The molecule has 0 saturated heterocycles. The van der Waals surface area contributed by atoms with Gasteiger partial charge < -0.3 is 24.8 Å². The maximum Gasteiger partial charge on any atom is 0.313 e. The van der Waals surface area contributed by atoms with E-state index >= 15 is 0 Å². The van der Waals surface area contributed by atoms with Crippen LogP contribution in [0.1, 0.15) is 18.5 Å². The Kier molecular flexibility index (Phi) is 6.43. The van der Waals surface area contributed by atoms with Crippen molar-refractivity contribution in [1.82, 2.24) is 5.32 Å². The van der Waals surface area contributed by atoms with Gasteiger partial charge in [-0.15, -0.1) is 0 Å². The Labute approximate surface area is 152 Å². The predicted molar refractivity (Wildman–Crippen MR) is 97.7 cm³/mol. The highest BCUT2D eigenvalue weighted by molar-refractivity contribution is 6.39. The number of amides is 2. The molecule has 0 fully saturated rings. The molecule has 0 radical (unpaired) electrons. The first kappa shape index (κ1) is 19.1. The third kappa shape index (κ3) is 4.66. The van der Waals surface area contributed by atoms with Gasteiger partial charge in [-0.2, -0.15) is 0 Å². The van der Waals surface area contributed by atoms with Crippen LogP contribution in [0.25, 0.3) is 0 Å². The van der Waals surface area contributed by atoms with E-state index in [0.29, 0.717) is 17.2 Å². The first-order valence-electron chi connectivity index (χ1n) is 7.96. The maximum absolute atomic E-state index is 12.2. The number of rotatable bonds is 6. The number of carbonyl (C=O) groups is 2. The van der Waals surface area contributed by atoms with Crippen molar-refractivity contribution in [3.8, 4) is 17.2 Å². The lowest BCUT2D eigenvalue weighted by Gasteiger charge is -2.15. The average Bonchev–Trinajstić information content (AvgIpc) is 2.67. The molecule has 0 saturated carbocycles. The van der Waals surface area contributed by atoms with Gasteiger partial charge in [0, 0.05) is 6.07 Å². The number of hydrogen-bond donors (Lipinski definition) is 2. The second-order valence-electron chi connectivity index (χ2n) is 5.49. The van der Waals surface area contributed by atoms with Gasteiger partial charge in [-0.05, 0) is 36.8 Å². The van der Waals surface area contributed by atoms with Crippen LogP contribution in [0.5, 0.6) is 17.2 Å². The van der Waals surface area contributed by atoms with E-state index in [4.69, 9.17) is 14.2 Å². The van der Waals surface area contributed by atoms with Gasteiger partial charge in [0.1, 0.15) is 17.2 Å². The SMILES string of the molecule is COc1ccc(C(C)NC(=O)C(=O)Nc2cc(OC)ccc2OC)cc1. The summed E-state index contributed by atoms with van der Waals surface area (Å²) in [7, 11) is 4.57. The molecule has 0 spiro atoms. The molecule has 0 heterocycles. The number of benzene rings is 2. The van der Waals surface area contributed by atoms with E-state index in [-0.39, 0.29) is 6.04 Å². The van der Waals surface area contributed by atoms with Gasteiger partial charge in [0.15, 0.2) is 0 Å². The lowest BCUT2D eigenvalue weighted by molar-refractivity contribution is -0.136. The summed E-state index contributed by atoms with van der Waals surface area (Å²) < 4.78 is 15.4. The number of anilines is 1. The van der Waals surface area contributed by atoms with Crippen LogP contribution in [-0.2, 0) is 9.59 Å². The zero-order valence-corrected chi connectivity index (χ0v) is 15.2. The van der Waals surface area contributed by atoms with E-state index in [1.165, 1.54) is 14.2 Å². The lowest BCUT2D eigenvalue weighted by Crippen LogP contribution is -2.37. The molecule has 0 aliphatic rings. The minimum atomic E-state index is -0.795. The molecule has 0 aromatic heterocycles. The normalized spacial score (nSPS) is 11.2. The van der Waals surface area contributed by atoms with E-state index in [1.807, 2.05) is 12.1 Å². The summed E-state index contributed by atoms with van der Waals surface area (Å²) in [5.41, 5.74) is 1.20. The molecular weight excluding hydrogens is 336 g/mol. The number of hydrogen-bond acceptors (Lipinski definition) is 5. The maximum atomic E-state index is 12.2. The van der Waals surface area contributed by atoms with Crippen molar-refractivity contribution < 1.29 is 23.8 Å². The van der Waals surface area contributed by atoms with Crippen LogP contribution in [0.3, 0.4) is 0 Å². The average molecular weight is 358 g/mol. The molecule has 2 aromatic rings. The third-order valence-corrected chi connectivity index (χ3v) is 3.82. The highest BCUT2D eigenvalue weighted by Gasteiger charge is 2.19. The Hall–Kier alpha value is -3.22. The van der Waals surface area contributed by atoms with Crippen LogP contribution < -0.4 is 24.8 Å². The Bertz CT molecular complexity index is 774. The number of methoxy groups -OCH3 is 3. The van der Waals surface area contributed by atoms with Crippen molar-refractivity contribution in [2.75, 3.05) is 26.6 Å². The van der Waals surface area contributed by atoms with Gasteiger partial charge in [-0.25, -0.2) is 0 Å². The molecule has 2 rings (SSSR count). The number of ether oxygens (including phenoxy) is 3. The zero-order chi connectivity index (χ0) is 19.1. The molecular formula is C19H22N2O5. The van der Waals surface area contributed by atoms with Crippen molar-refractivity contribution >= 4 is 17.5 Å². The molecule has 2 amide bonds. The predicted octanol–water partition coefficient (Wildman–Crippen LogP) is 2.53. The fraction of sp³-hybridized carbons (Fsp3) is 0.263. The summed E-state index contributed by atoms with van der Waals surface area (Å²) in [5.74, 6) is 0.133. The van der Waals surface area contributed by atoms with Gasteiger partial charge >= 0.3 is 11.8 Å². The highest BCUT2D eigenvalue weighted by Crippen LogP contribution is 2.28. The van der Waals surface area contributed by atoms with E-state index < -0.39 is 11.8 Å². The first-order chi connectivity index (χ1) is 12.5. The molecule has 26 heavy (non-hydrogen) atoms. The fourth-order valence-electron chi connectivity index (χ4n) is 2.33. The van der Waals surface area contributed by atoms with Crippen LogP contribution in [0.2, 0.25) is 0 Å². The Morgan fingerprint density at radius 2 is 1.46 bits per heavy atom. The first-order valence-corrected chi connectivity index (χ1v) is 7.96. The van der Waals surface area contributed by atoms with Crippen molar-refractivity contribution in [2.45, 2.75) is 13.0 Å². The zero-order valence-electron chi connectivity index (χ0n) is 15.2. The van der Waals surface area contributed by atoms with E-state index in [1.54, 1.807) is 44.4 Å². The van der Waals surface area contributed by atoms with Crippen LogP contribution in [0.15, 0.2) is 42.5 Å². The topological polar surface area (TPSA) is 85.9 Å². The molecule has 7 heteroatoms. The van der Waals surface area contributed by atoms with Crippen LogP contribution in [0.4, 0.5) is 5.69 Å². The molecule has 1 unspecified atom stereocenters. The summed E-state index contributed by atoms with van der Waals surface area (Å²) in [6.07, 6.45) is 0. The molecule has 138 valence electrons. The van der Waals surface area contributed by atoms with E-state index in [2.05, 4.69) is 10.6 Å². The minimum absolute atomic E-state index is 0.341. The fourth-order valence-corrected chi connectivity index (χ4v) is 2.33. The second-order valence-corrected chi connectivity index (χ2v) is 5.49. The van der Waals surface area contributed by atoms with Gasteiger partial charge in [-0.1, -0.05) is 12.1 Å². The van der Waals surface area contributed by atoms with Gasteiger partial charge in [0.25, 0.3) is 0 Å². The van der Waals surface area contributed by atoms with Gasteiger partial charge in [0.05, 0.1) is 33.1 Å². The van der Waals surface area contributed by atoms with Crippen LogP contribution in [-0.4, -0.2) is 33.1 Å². The summed E-state index contributed by atoms with van der Waals surface area (Å²) in [4.78, 5) is 24.4. The summed E-state index contributed by atoms with van der Waals surface area (Å²) in [6, 6.07) is 11.8. The van der Waals surface area contributed by atoms with Crippen molar-refractivity contribution in [3.05, 3.63) is 48.0 Å². The standard InChI is InChI=1S/C19H22N2O5/c1-12(13-5-7-14(24-2)8-6-13)20-18(22)19(23)21-16-11-15(25-3)9-10-17(16)26-4/h5-12H,1-4H3,(H,20,22)(H,21,23). The molecule has 2 aromatic carbocycles. The van der Waals surface area contributed by atoms with Gasteiger partial charge in [-0.3, -0.25) is 9.59 Å². The highest BCUT2D eigenvalue weighted by atomic mass is 16.5. The number of nitrogens with one attached hydrogen (secondary N) is 2. The van der Waals surface area contributed by atoms with E-state index in [0.717, 1.165) is 11.3 Å². The summed E-state index contributed by atoms with van der Waals surface area (Å²) >= 11 is 0. The van der Waals surface area contributed by atoms with Crippen molar-refractivity contribution in [3.63, 3.8) is 0 Å². The summed E-state index contributed by atoms with van der Waals surface area (Å²) in [5, 5.41) is 5.19. The van der Waals surface area contributed by atoms with E-state index in [9.17, 15) is 9.59 Å². The molecule has 0 bridgehead atoms. The largest absolute Gasteiger partial charge is 0.497 e. The van der Waals surface area contributed by atoms with Gasteiger partial charge in [0.2, 0.25) is 0 Å². The Balaban J connectivity index is 2.04. The molecule has 0 aliphatic carbocycles. The van der Waals surface area contributed by atoms with Crippen molar-refractivity contribution in [2.24, 2.45) is 0 Å². The van der Waals surface area contributed by atoms with Crippen molar-refractivity contribution in [1.29, 1.82) is 0 Å². The smallest absolute Gasteiger partial charge is 0.313 e. The quantitative estimate of drug-likeness (QED) is 0.775. The monoisotopic (exact) mass is 358 g/mol. The lowest BCUT2D eigenvalue weighted by atomic mass is 10.1. The molecule has 0 aliphatic heterocycles. The molecule has 2 N–H and O–H groups in total. The summed E-state index contributed by atoms with van der Waals surface area (Å²) in [6.45, 7) is 1.79. The molecule has 1 atom stereocenters. The number of carbonyl (C=O) groups excluding carboxylic acids is 2. The minimum Gasteiger partial charge on any atom is -0.497 e.